The monoisotopic (exact) mass is 369 g/mol. The molecule has 1 N–H and O–H groups in total. The van der Waals surface area contributed by atoms with Gasteiger partial charge < -0.3 is 24.6 Å². The molecule has 1 aromatic carbocycles. The molecule has 8 nitrogen and oxygen atoms in total. The fourth-order valence-corrected chi connectivity index (χ4v) is 3.14. The third kappa shape index (κ3) is 3.95. The van der Waals surface area contributed by atoms with E-state index in [4.69, 9.17) is 9.47 Å². The van der Waals surface area contributed by atoms with E-state index in [9.17, 15) is 4.79 Å². The normalized spacial score (nSPS) is 16.4. The molecule has 0 atom stereocenters. The van der Waals surface area contributed by atoms with Crippen LogP contribution in [0.4, 0.5) is 5.95 Å². The van der Waals surface area contributed by atoms with Crippen LogP contribution < -0.4 is 19.7 Å². The number of amides is 1. The molecule has 0 bridgehead atoms. The van der Waals surface area contributed by atoms with Gasteiger partial charge in [-0.15, -0.1) is 0 Å². The van der Waals surface area contributed by atoms with Crippen molar-refractivity contribution in [2.45, 2.75) is 13.5 Å². The number of nitrogens with one attached hydrogen (secondary N) is 1. The maximum atomic E-state index is 12.6. The van der Waals surface area contributed by atoms with Crippen LogP contribution in [0, 0.1) is 6.92 Å². The zero-order valence-corrected chi connectivity index (χ0v) is 15.6. The summed E-state index contributed by atoms with van der Waals surface area (Å²) < 4.78 is 10.7. The molecule has 0 spiro atoms. The van der Waals surface area contributed by atoms with Crippen LogP contribution in [0.25, 0.3) is 0 Å². The molecule has 3 heterocycles. The Morgan fingerprint density at radius 3 is 2.70 bits per heavy atom. The summed E-state index contributed by atoms with van der Waals surface area (Å²) in [6.45, 7) is 6.15. The summed E-state index contributed by atoms with van der Waals surface area (Å²) in [5, 5.41) is 2.92. The summed E-state index contributed by atoms with van der Waals surface area (Å²) in [5.74, 6) is 1.84. The highest BCUT2D eigenvalue weighted by atomic mass is 16.7. The van der Waals surface area contributed by atoms with E-state index in [1.165, 1.54) is 0 Å². The largest absolute Gasteiger partial charge is 0.454 e. The van der Waals surface area contributed by atoms with Gasteiger partial charge in [-0.2, -0.15) is 0 Å². The van der Waals surface area contributed by atoms with Gasteiger partial charge in [-0.05, 0) is 37.7 Å². The fraction of sp³-hybridized carbons (Fsp3) is 0.421. The summed E-state index contributed by atoms with van der Waals surface area (Å²) in [7, 11) is 2.10. The first kappa shape index (κ1) is 17.5. The van der Waals surface area contributed by atoms with Crippen LogP contribution in [0.1, 0.15) is 21.7 Å². The van der Waals surface area contributed by atoms with E-state index in [-0.39, 0.29) is 12.7 Å². The van der Waals surface area contributed by atoms with Gasteiger partial charge in [-0.25, -0.2) is 9.97 Å². The highest BCUT2D eigenvalue weighted by Crippen LogP contribution is 2.32. The molecule has 2 aliphatic rings. The molecule has 1 amide bonds. The molecule has 1 saturated heterocycles. The summed E-state index contributed by atoms with van der Waals surface area (Å²) in [5.41, 5.74) is 2.11. The lowest BCUT2D eigenvalue weighted by molar-refractivity contribution is 0.0945. The van der Waals surface area contributed by atoms with Crippen molar-refractivity contribution < 1.29 is 14.3 Å². The lowest BCUT2D eigenvalue weighted by Crippen LogP contribution is -2.45. The number of hydrogen-bond acceptors (Lipinski definition) is 7. The molecule has 27 heavy (non-hydrogen) atoms. The maximum absolute atomic E-state index is 12.6. The van der Waals surface area contributed by atoms with Gasteiger partial charge in [0.05, 0.1) is 0 Å². The highest BCUT2D eigenvalue weighted by Gasteiger charge is 2.19. The molecular weight excluding hydrogens is 346 g/mol. The van der Waals surface area contributed by atoms with Crippen LogP contribution >= 0.6 is 0 Å². The Hall–Kier alpha value is -2.87. The van der Waals surface area contributed by atoms with Crippen LogP contribution in [-0.2, 0) is 6.54 Å². The predicted octanol–water partition coefficient (Wildman–Crippen LogP) is 1.20. The first-order valence-corrected chi connectivity index (χ1v) is 9.04. The van der Waals surface area contributed by atoms with Crippen molar-refractivity contribution in [3.05, 3.63) is 41.2 Å². The number of carbonyl (C=O) groups excluding carboxylic acids is 1. The molecule has 2 aromatic rings. The second kappa shape index (κ2) is 7.40. The number of nitrogens with zero attached hydrogens (tertiary/aromatic N) is 4. The Labute approximate surface area is 158 Å². The van der Waals surface area contributed by atoms with E-state index < -0.39 is 0 Å². The molecule has 1 aromatic heterocycles. The number of fused-ring (bicyclic) bond motifs is 1. The van der Waals surface area contributed by atoms with Crippen LogP contribution in [0.3, 0.4) is 0 Å². The zero-order chi connectivity index (χ0) is 18.8. The number of piperazine rings is 1. The van der Waals surface area contributed by atoms with E-state index in [0.717, 1.165) is 43.2 Å². The van der Waals surface area contributed by atoms with Crippen molar-refractivity contribution >= 4 is 11.9 Å². The Morgan fingerprint density at radius 2 is 1.89 bits per heavy atom. The lowest BCUT2D eigenvalue weighted by Gasteiger charge is -2.32. The molecule has 0 aliphatic carbocycles. The quantitative estimate of drug-likeness (QED) is 0.867. The van der Waals surface area contributed by atoms with E-state index in [1.54, 1.807) is 6.07 Å². The van der Waals surface area contributed by atoms with Crippen LogP contribution in [0.5, 0.6) is 11.5 Å². The highest BCUT2D eigenvalue weighted by molar-refractivity contribution is 5.92. The molecular formula is C19H23N5O3. The Kier molecular flexibility index (Phi) is 4.81. The van der Waals surface area contributed by atoms with Gasteiger partial charge in [0.2, 0.25) is 12.7 Å². The number of aryl methyl sites for hydroxylation is 1. The maximum Gasteiger partial charge on any atom is 0.270 e. The van der Waals surface area contributed by atoms with Crippen molar-refractivity contribution in [1.82, 2.24) is 20.2 Å². The van der Waals surface area contributed by atoms with Gasteiger partial charge in [-0.3, -0.25) is 4.79 Å². The van der Waals surface area contributed by atoms with E-state index in [0.29, 0.717) is 23.9 Å². The van der Waals surface area contributed by atoms with E-state index in [2.05, 4.69) is 32.1 Å². The molecule has 1 fully saturated rings. The third-order valence-electron chi connectivity index (χ3n) is 4.75. The molecule has 2 aliphatic heterocycles. The van der Waals surface area contributed by atoms with Gasteiger partial charge in [0.25, 0.3) is 5.91 Å². The smallest absolute Gasteiger partial charge is 0.270 e. The Balaban J connectivity index is 1.43. The van der Waals surface area contributed by atoms with Crippen molar-refractivity contribution in [2.75, 3.05) is 44.9 Å². The number of benzene rings is 1. The van der Waals surface area contributed by atoms with Crippen molar-refractivity contribution in [2.24, 2.45) is 0 Å². The number of aromatic nitrogens is 2. The minimum Gasteiger partial charge on any atom is -0.454 e. The lowest BCUT2D eigenvalue weighted by atomic mass is 10.2. The Bertz CT molecular complexity index is 849. The molecule has 142 valence electrons. The van der Waals surface area contributed by atoms with Crippen molar-refractivity contribution in [3.63, 3.8) is 0 Å². The topological polar surface area (TPSA) is 79.8 Å². The summed E-state index contributed by atoms with van der Waals surface area (Å²) in [6.07, 6.45) is 0. The van der Waals surface area contributed by atoms with Gasteiger partial charge in [0.15, 0.2) is 11.5 Å². The first-order chi connectivity index (χ1) is 13.1. The zero-order valence-electron chi connectivity index (χ0n) is 15.6. The average Bonchev–Trinajstić information content (AvgIpc) is 3.14. The number of rotatable bonds is 4. The number of ether oxygens (including phenoxy) is 2. The molecule has 4 rings (SSSR count). The van der Waals surface area contributed by atoms with Gasteiger partial charge in [0, 0.05) is 38.4 Å². The van der Waals surface area contributed by atoms with Crippen LogP contribution in [0.15, 0.2) is 24.3 Å². The first-order valence-electron chi connectivity index (χ1n) is 9.04. The standard InChI is InChI=1S/C19H23N5O3/c1-13-9-15(22-19(21-13)24-7-5-23(2)6-8-24)18(25)20-11-14-3-4-16-17(10-14)27-12-26-16/h3-4,9-10H,5-8,11-12H2,1-2H3,(H,20,25). The van der Waals surface area contributed by atoms with Crippen molar-refractivity contribution in [3.8, 4) is 11.5 Å². The van der Waals surface area contributed by atoms with Gasteiger partial charge >= 0.3 is 0 Å². The van der Waals surface area contributed by atoms with Crippen molar-refractivity contribution in [1.29, 1.82) is 0 Å². The summed E-state index contributed by atoms with van der Waals surface area (Å²) in [6, 6.07) is 7.36. The molecule has 0 radical (unpaired) electrons. The SMILES string of the molecule is Cc1cc(C(=O)NCc2ccc3c(c2)OCO3)nc(N2CCN(C)CC2)n1. The average molecular weight is 369 g/mol. The van der Waals surface area contributed by atoms with Crippen LogP contribution in [-0.4, -0.2) is 60.8 Å². The van der Waals surface area contributed by atoms with Crippen LogP contribution in [0.2, 0.25) is 0 Å². The number of hydrogen-bond donors (Lipinski definition) is 1. The Morgan fingerprint density at radius 1 is 1.11 bits per heavy atom. The van der Waals surface area contributed by atoms with Gasteiger partial charge in [-0.1, -0.05) is 6.07 Å². The number of likely N-dealkylation sites (N-methyl/N-ethyl adjacent to an activating group) is 1. The summed E-state index contributed by atoms with van der Waals surface area (Å²) in [4.78, 5) is 26.0. The van der Waals surface area contributed by atoms with E-state index in [1.807, 2.05) is 25.1 Å². The van der Waals surface area contributed by atoms with Gasteiger partial charge in [0.1, 0.15) is 5.69 Å². The summed E-state index contributed by atoms with van der Waals surface area (Å²) >= 11 is 0. The predicted molar refractivity (Wildman–Crippen MR) is 100 cm³/mol. The minimum absolute atomic E-state index is 0.214. The minimum atomic E-state index is -0.214. The number of anilines is 1. The van der Waals surface area contributed by atoms with E-state index >= 15 is 0 Å². The number of carbonyl (C=O) groups is 1. The molecule has 0 saturated carbocycles. The molecule has 8 heteroatoms. The third-order valence-corrected chi connectivity index (χ3v) is 4.75. The fourth-order valence-electron chi connectivity index (χ4n) is 3.14. The second-order valence-corrected chi connectivity index (χ2v) is 6.86. The molecule has 0 unspecified atom stereocenters. The second-order valence-electron chi connectivity index (χ2n) is 6.86.